The van der Waals surface area contributed by atoms with E-state index >= 15 is 0 Å². The lowest BCUT2D eigenvalue weighted by atomic mass is 10.0. The van der Waals surface area contributed by atoms with Crippen molar-refractivity contribution in [1.29, 1.82) is 0 Å². The van der Waals surface area contributed by atoms with E-state index in [4.69, 9.17) is 5.73 Å². The molecule has 114 valence electrons. The molecule has 1 aliphatic carbocycles. The fraction of sp³-hybridized carbons (Fsp3) is 0.923. The predicted molar refractivity (Wildman–Crippen MR) is 83.1 cm³/mol. The highest BCUT2D eigenvalue weighted by atomic mass is 35.5. The van der Waals surface area contributed by atoms with Gasteiger partial charge in [0.25, 0.3) is 0 Å². The van der Waals surface area contributed by atoms with Crippen LogP contribution in [0.15, 0.2) is 0 Å². The van der Waals surface area contributed by atoms with Gasteiger partial charge < -0.3 is 16.0 Å². The Hall–Kier alpha value is -0.0300. The topological polar surface area (TPSA) is 58.4 Å². The summed E-state index contributed by atoms with van der Waals surface area (Å²) in [7, 11) is 0. The second kappa shape index (κ2) is 9.01. The molecular formula is C13H27Cl2N3O. The van der Waals surface area contributed by atoms with Crippen molar-refractivity contribution in [1.82, 2.24) is 10.2 Å². The molecule has 0 aromatic carbocycles. The predicted octanol–water partition coefficient (Wildman–Crippen LogP) is 1.70. The molecule has 2 fully saturated rings. The van der Waals surface area contributed by atoms with E-state index in [9.17, 15) is 4.79 Å². The fourth-order valence-electron chi connectivity index (χ4n) is 2.51. The molecule has 0 aromatic rings. The van der Waals surface area contributed by atoms with Crippen molar-refractivity contribution in [2.24, 2.45) is 5.73 Å². The third kappa shape index (κ3) is 6.80. The maximum atomic E-state index is 11.7. The van der Waals surface area contributed by atoms with Crippen LogP contribution in [0.1, 0.15) is 45.4 Å². The molecule has 1 saturated carbocycles. The minimum Gasteiger partial charge on any atom is -0.353 e. The smallest absolute Gasteiger partial charge is 0.220 e. The molecule has 1 atom stereocenters. The van der Waals surface area contributed by atoms with Gasteiger partial charge in [-0.15, -0.1) is 24.8 Å². The quantitative estimate of drug-likeness (QED) is 0.812. The number of nitrogens with two attached hydrogens (primary N) is 1. The van der Waals surface area contributed by atoms with E-state index in [0.717, 1.165) is 38.4 Å². The molecule has 1 heterocycles. The zero-order valence-corrected chi connectivity index (χ0v) is 13.3. The van der Waals surface area contributed by atoms with Crippen LogP contribution in [0.4, 0.5) is 0 Å². The zero-order valence-electron chi connectivity index (χ0n) is 11.6. The molecule has 0 radical (unpaired) electrons. The molecule has 3 N–H and O–H groups in total. The Morgan fingerprint density at radius 2 is 1.84 bits per heavy atom. The molecule has 1 saturated heterocycles. The molecular weight excluding hydrogens is 285 g/mol. The highest BCUT2D eigenvalue weighted by molar-refractivity contribution is 5.85. The summed E-state index contributed by atoms with van der Waals surface area (Å²) in [5, 5.41) is 3.13. The van der Waals surface area contributed by atoms with Crippen LogP contribution in [0.5, 0.6) is 0 Å². The number of likely N-dealkylation sites (tertiary alicyclic amines) is 1. The number of hydrogen-bond acceptors (Lipinski definition) is 3. The third-order valence-electron chi connectivity index (χ3n) is 3.78. The van der Waals surface area contributed by atoms with Crippen molar-refractivity contribution >= 4 is 30.7 Å². The molecule has 19 heavy (non-hydrogen) atoms. The molecule has 1 amide bonds. The first-order valence-electron chi connectivity index (χ1n) is 6.94. The number of rotatable bonds is 5. The van der Waals surface area contributed by atoms with Gasteiger partial charge in [0.1, 0.15) is 0 Å². The largest absolute Gasteiger partial charge is 0.353 e. The van der Waals surface area contributed by atoms with Crippen LogP contribution in [-0.4, -0.2) is 42.0 Å². The summed E-state index contributed by atoms with van der Waals surface area (Å²) < 4.78 is 0. The van der Waals surface area contributed by atoms with E-state index in [0.29, 0.717) is 12.5 Å². The lowest BCUT2D eigenvalue weighted by molar-refractivity contribution is -0.122. The van der Waals surface area contributed by atoms with E-state index in [1.165, 1.54) is 12.8 Å². The van der Waals surface area contributed by atoms with Crippen molar-refractivity contribution in [3.05, 3.63) is 0 Å². The summed E-state index contributed by atoms with van der Waals surface area (Å²) in [6, 6.07) is 1.38. The summed E-state index contributed by atoms with van der Waals surface area (Å²) in [6.45, 7) is 4.26. The van der Waals surface area contributed by atoms with Crippen LogP contribution in [-0.2, 0) is 4.79 Å². The lowest BCUT2D eigenvalue weighted by Gasteiger charge is -2.32. The number of amides is 1. The molecule has 6 heteroatoms. The Morgan fingerprint density at radius 3 is 2.32 bits per heavy atom. The van der Waals surface area contributed by atoms with Crippen LogP contribution in [0.3, 0.4) is 0 Å². The molecule has 1 aliphatic heterocycles. The normalized spacial score (nSPS) is 22.0. The van der Waals surface area contributed by atoms with Gasteiger partial charge in [0, 0.05) is 37.6 Å². The van der Waals surface area contributed by atoms with Crippen molar-refractivity contribution in [2.75, 3.05) is 13.1 Å². The van der Waals surface area contributed by atoms with Crippen molar-refractivity contribution in [3.8, 4) is 0 Å². The average Bonchev–Trinajstić information content (AvgIpc) is 3.11. The summed E-state index contributed by atoms with van der Waals surface area (Å²) in [6.07, 6.45) is 6.34. The van der Waals surface area contributed by atoms with Crippen LogP contribution in [0.2, 0.25) is 0 Å². The Labute approximate surface area is 128 Å². The van der Waals surface area contributed by atoms with Crippen molar-refractivity contribution in [2.45, 2.75) is 63.6 Å². The molecule has 4 nitrogen and oxygen atoms in total. The summed E-state index contributed by atoms with van der Waals surface area (Å²) >= 11 is 0. The Balaban J connectivity index is 0.00000162. The van der Waals surface area contributed by atoms with E-state index < -0.39 is 0 Å². The van der Waals surface area contributed by atoms with Crippen LogP contribution < -0.4 is 11.1 Å². The highest BCUT2D eigenvalue weighted by Crippen LogP contribution is 2.29. The van der Waals surface area contributed by atoms with Gasteiger partial charge in [-0.3, -0.25) is 4.79 Å². The van der Waals surface area contributed by atoms with E-state index in [2.05, 4.69) is 10.2 Å². The Bertz CT molecular complexity index is 265. The Morgan fingerprint density at radius 1 is 1.26 bits per heavy atom. The molecule has 0 aromatic heterocycles. The summed E-state index contributed by atoms with van der Waals surface area (Å²) in [5.41, 5.74) is 5.65. The van der Waals surface area contributed by atoms with Crippen molar-refractivity contribution in [3.63, 3.8) is 0 Å². The summed E-state index contributed by atoms with van der Waals surface area (Å²) in [5.74, 6) is 0.173. The number of piperidine rings is 1. The van der Waals surface area contributed by atoms with Gasteiger partial charge in [0.05, 0.1) is 0 Å². The number of carbonyl (C=O) groups excluding carboxylic acids is 1. The SMILES string of the molecule is CC(N)CCC(=O)NC1CCN(C2CC2)CC1.Cl.Cl. The van der Waals surface area contributed by atoms with Crippen LogP contribution in [0.25, 0.3) is 0 Å². The Kier molecular flexibility index (Phi) is 8.99. The standard InChI is InChI=1S/C13H25N3O.2ClH/c1-10(14)2-5-13(17)15-11-6-8-16(9-7-11)12-3-4-12;;/h10-12H,2-9,14H2,1H3,(H,15,17);2*1H. The van der Waals surface area contributed by atoms with E-state index in [-0.39, 0.29) is 36.8 Å². The minimum atomic E-state index is 0. The fourth-order valence-corrected chi connectivity index (χ4v) is 2.51. The number of nitrogens with one attached hydrogen (secondary N) is 1. The maximum Gasteiger partial charge on any atom is 0.220 e. The molecule has 2 aliphatic rings. The minimum absolute atomic E-state index is 0. The first kappa shape index (κ1) is 19.0. The number of nitrogens with zero attached hydrogens (tertiary/aromatic N) is 1. The van der Waals surface area contributed by atoms with Gasteiger partial charge in [0.15, 0.2) is 0 Å². The van der Waals surface area contributed by atoms with E-state index in [1.54, 1.807) is 0 Å². The van der Waals surface area contributed by atoms with Gasteiger partial charge in [-0.2, -0.15) is 0 Å². The van der Waals surface area contributed by atoms with Gasteiger partial charge >= 0.3 is 0 Å². The number of hydrogen-bond donors (Lipinski definition) is 2. The number of halogens is 2. The second-order valence-electron chi connectivity index (χ2n) is 5.62. The van der Waals surface area contributed by atoms with Gasteiger partial charge in [0.2, 0.25) is 5.91 Å². The molecule has 0 bridgehead atoms. The first-order valence-corrected chi connectivity index (χ1v) is 6.94. The van der Waals surface area contributed by atoms with E-state index in [1.807, 2.05) is 6.92 Å². The maximum absolute atomic E-state index is 11.7. The zero-order chi connectivity index (χ0) is 12.3. The molecule has 0 spiro atoms. The molecule has 1 unspecified atom stereocenters. The second-order valence-corrected chi connectivity index (χ2v) is 5.62. The third-order valence-corrected chi connectivity index (χ3v) is 3.78. The van der Waals surface area contributed by atoms with Gasteiger partial charge in [-0.25, -0.2) is 0 Å². The molecule has 2 rings (SSSR count). The summed E-state index contributed by atoms with van der Waals surface area (Å²) in [4.78, 5) is 14.2. The van der Waals surface area contributed by atoms with Gasteiger partial charge in [-0.1, -0.05) is 0 Å². The first-order chi connectivity index (χ1) is 8.15. The lowest BCUT2D eigenvalue weighted by Crippen LogP contribution is -2.45. The van der Waals surface area contributed by atoms with Crippen LogP contribution >= 0.6 is 24.8 Å². The highest BCUT2D eigenvalue weighted by Gasteiger charge is 2.31. The number of carbonyl (C=O) groups is 1. The van der Waals surface area contributed by atoms with Crippen molar-refractivity contribution < 1.29 is 4.79 Å². The monoisotopic (exact) mass is 311 g/mol. The van der Waals surface area contributed by atoms with Crippen LogP contribution in [0, 0.1) is 0 Å². The average molecular weight is 312 g/mol. The van der Waals surface area contributed by atoms with Gasteiger partial charge in [-0.05, 0) is 39.0 Å².